The van der Waals surface area contributed by atoms with Crippen LogP contribution in [0.25, 0.3) is 11.0 Å². The van der Waals surface area contributed by atoms with Crippen molar-refractivity contribution in [3.05, 3.63) is 58.3 Å². The molecular weight excluding hydrogens is 401 g/mol. The second-order valence-electron chi connectivity index (χ2n) is 6.58. The summed E-state index contributed by atoms with van der Waals surface area (Å²) in [5.41, 5.74) is 1.84. The Morgan fingerprint density at radius 2 is 1.90 bits per heavy atom. The van der Waals surface area contributed by atoms with Crippen molar-refractivity contribution >= 4 is 16.7 Å². The maximum absolute atomic E-state index is 12.6. The van der Waals surface area contributed by atoms with Gasteiger partial charge >= 0.3 is 6.36 Å². The Kier molecular flexibility index (Phi) is 6.43. The highest BCUT2D eigenvalue weighted by Crippen LogP contribution is 2.25. The predicted octanol–water partition coefficient (Wildman–Crippen LogP) is 3.84. The van der Waals surface area contributed by atoms with Crippen molar-refractivity contribution in [2.24, 2.45) is 0 Å². The molecule has 3 rings (SSSR count). The van der Waals surface area contributed by atoms with Gasteiger partial charge in [0, 0.05) is 12.6 Å². The van der Waals surface area contributed by atoms with Crippen molar-refractivity contribution in [3.8, 4) is 5.75 Å². The number of aryl methyl sites for hydroxylation is 1. The molecule has 2 aromatic heterocycles. The first-order valence-corrected chi connectivity index (χ1v) is 9.37. The van der Waals surface area contributed by atoms with Gasteiger partial charge in [0.25, 0.3) is 5.56 Å². The third-order valence-electron chi connectivity index (χ3n) is 4.30. The molecule has 160 valence electrons. The van der Waals surface area contributed by atoms with Crippen LogP contribution >= 0.6 is 0 Å². The van der Waals surface area contributed by atoms with Crippen LogP contribution in [0.1, 0.15) is 31.0 Å². The lowest BCUT2D eigenvalue weighted by Gasteiger charge is -2.15. The number of anilines is 1. The topological polar surface area (TPSA) is 78.3 Å². The fourth-order valence-corrected chi connectivity index (χ4v) is 2.86. The van der Waals surface area contributed by atoms with Crippen LogP contribution in [0, 0.1) is 6.92 Å². The Morgan fingerprint density at radius 3 is 2.57 bits per heavy atom. The number of benzene rings is 1. The monoisotopic (exact) mass is 422 g/mol. The quantitative estimate of drug-likeness (QED) is 0.556. The number of nitrogens with one attached hydrogen (secondary N) is 1. The molecule has 10 heteroatoms. The van der Waals surface area contributed by atoms with Crippen LogP contribution < -0.4 is 20.5 Å². The standard InChI is InChI=1S/C20H21F3N4O3/c1-3-4-9-29-27-17(28)10-16(18-13(2)25-12-26-19(18)27)24-11-14-5-7-15(8-6-14)30-20(21,22)23/h5-8,10,12,24H,3-4,9,11H2,1-2H3. The van der Waals surface area contributed by atoms with E-state index in [1.807, 2.05) is 6.92 Å². The number of fused-ring (bicyclic) bond motifs is 1. The highest BCUT2D eigenvalue weighted by Gasteiger charge is 2.30. The van der Waals surface area contributed by atoms with Gasteiger partial charge in [-0.3, -0.25) is 4.79 Å². The van der Waals surface area contributed by atoms with E-state index < -0.39 is 6.36 Å². The Labute approximate surface area is 170 Å². The number of hydrogen-bond donors (Lipinski definition) is 1. The molecule has 0 saturated carbocycles. The van der Waals surface area contributed by atoms with Gasteiger partial charge in [-0.25, -0.2) is 9.97 Å². The van der Waals surface area contributed by atoms with Crippen molar-refractivity contribution in [1.82, 2.24) is 14.7 Å². The predicted molar refractivity (Wildman–Crippen MR) is 105 cm³/mol. The summed E-state index contributed by atoms with van der Waals surface area (Å²) in [6.07, 6.45) is -1.65. The van der Waals surface area contributed by atoms with Crippen LogP contribution in [0.15, 0.2) is 41.5 Å². The maximum Gasteiger partial charge on any atom is 0.573 e. The molecule has 0 bridgehead atoms. The zero-order chi connectivity index (χ0) is 21.7. The van der Waals surface area contributed by atoms with Crippen molar-refractivity contribution in [2.75, 3.05) is 11.9 Å². The molecule has 1 N–H and O–H groups in total. The van der Waals surface area contributed by atoms with Gasteiger partial charge in [0.1, 0.15) is 18.7 Å². The molecule has 0 saturated heterocycles. The molecule has 7 nitrogen and oxygen atoms in total. The van der Waals surface area contributed by atoms with Crippen LogP contribution in [0.4, 0.5) is 18.9 Å². The van der Waals surface area contributed by atoms with E-state index in [1.165, 1.54) is 36.7 Å². The highest BCUT2D eigenvalue weighted by molar-refractivity contribution is 5.90. The first kappa shape index (κ1) is 21.4. The van der Waals surface area contributed by atoms with E-state index in [4.69, 9.17) is 4.84 Å². The second-order valence-corrected chi connectivity index (χ2v) is 6.58. The van der Waals surface area contributed by atoms with Gasteiger partial charge in [-0.05, 0) is 31.0 Å². The summed E-state index contributed by atoms with van der Waals surface area (Å²) in [5, 5.41) is 3.77. The SMILES string of the molecule is CCCCOn1c(=O)cc(NCc2ccc(OC(F)(F)F)cc2)c2c(C)ncnc21. The molecule has 0 aliphatic carbocycles. The number of rotatable bonds is 8. The largest absolute Gasteiger partial charge is 0.573 e. The van der Waals surface area contributed by atoms with Crippen LogP contribution in [0.5, 0.6) is 5.75 Å². The summed E-state index contributed by atoms with van der Waals surface area (Å²) in [5.74, 6) is -0.298. The van der Waals surface area contributed by atoms with Gasteiger partial charge < -0.3 is 14.9 Å². The lowest BCUT2D eigenvalue weighted by Crippen LogP contribution is -2.29. The van der Waals surface area contributed by atoms with E-state index in [1.54, 1.807) is 6.92 Å². The van der Waals surface area contributed by atoms with Gasteiger partial charge in [0.15, 0.2) is 5.65 Å². The average Bonchev–Trinajstić information content (AvgIpc) is 2.68. The molecular formula is C20H21F3N4O3. The molecule has 0 aliphatic heterocycles. The van der Waals surface area contributed by atoms with Gasteiger partial charge in [0.2, 0.25) is 0 Å². The fourth-order valence-electron chi connectivity index (χ4n) is 2.86. The minimum Gasteiger partial charge on any atom is -0.409 e. The Balaban J connectivity index is 1.84. The molecule has 0 unspecified atom stereocenters. The number of alkyl halides is 3. The van der Waals surface area contributed by atoms with Gasteiger partial charge in [-0.15, -0.1) is 17.9 Å². The van der Waals surface area contributed by atoms with Crippen molar-refractivity contribution < 1.29 is 22.7 Å². The Hall–Kier alpha value is -3.30. The van der Waals surface area contributed by atoms with Crippen molar-refractivity contribution in [3.63, 3.8) is 0 Å². The number of nitrogens with zero attached hydrogens (tertiary/aromatic N) is 3. The van der Waals surface area contributed by atoms with Crippen molar-refractivity contribution in [1.29, 1.82) is 0 Å². The molecule has 0 spiro atoms. The zero-order valence-electron chi connectivity index (χ0n) is 16.5. The number of unbranched alkanes of at least 4 members (excludes halogenated alkanes) is 1. The maximum atomic E-state index is 12.6. The Bertz CT molecular complexity index is 1070. The Morgan fingerprint density at radius 1 is 1.17 bits per heavy atom. The summed E-state index contributed by atoms with van der Waals surface area (Å²) < 4.78 is 41.9. The number of aromatic nitrogens is 3. The smallest absolute Gasteiger partial charge is 0.409 e. The average molecular weight is 422 g/mol. The zero-order valence-corrected chi connectivity index (χ0v) is 16.5. The van der Waals surface area contributed by atoms with Crippen LogP contribution in [-0.4, -0.2) is 27.7 Å². The van der Waals surface area contributed by atoms with Gasteiger partial charge in [-0.1, -0.05) is 25.5 Å². The van der Waals surface area contributed by atoms with Crippen LogP contribution in [-0.2, 0) is 6.54 Å². The van der Waals surface area contributed by atoms with E-state index in [2.05, 4.69) is 20.0 Å². The molecule has 0 atom stereocenters. The van der Waals surface area contributed by atoms with E-state index in [-0.39, 0.29) is 17.9 Å². The van der Waals surface area contributed by atoms with E-state index >= 15 is 0 Å². The number of ether oxygens (including phenoxy) is 1. The van der Waals surface area contributed by atoms with Crippen LogP contribution in [0.2, 0.25) is 0 Å². The van der Waals surface area contributed by atoms with Gasteiger partial charge in [-0.2, -0.15) is 0 Å². The first-order chi connectivity index (χ1) is 14.3. The molecule has 1 aromatic carbocycles. The lowest BCUT2D eigenvalue weighted by molar-refractivity contribution is -0.274. The minimum atomic E-state index is -4.74. The fraction of sp³-hybridized carbons (Fsp3) is 0.350. The third-order valence-corrected chi connectivity index (χ3v) is 4.30. The molecule has 30 heavy (non-hydrogen) atoms. The summed E-state index contributed by atoms with van der Waals surface area (Å²) in [6, 6.07) is 6.88. The van der Waals surface area contributed by atoms with E-state index in [0.717, 1.165) is 17.6 Å². The number of halogens is 3. The second kappa shape index (κ2) is 9.02. The first-order valence-electron chi connectivity index (χ1n) is 9.37. The summed E-state index contributed by atoms with van der Waals surface area (Å²) in [7, 11) is 0. The number of hydrogen-bond acceptors (Lipinski definition) is 6. The molecule has 0 radical (unpaired) electrons. The normalized spacial score (nSPS) is 11.5. The molecule has 0 fully saturated rings. The molecule has 3 aromatic rings. The van der Waals surface area contributed by atoms with Gasteiger partial charge in [0.05, 0.1) is 16.8 Å². The van der Waals surface area contributed by atoms with Crippen molar-refractivity contribution in [2.45, 2.75) is 39.6 Å². The van der Waals surface area contributed by atoms with E-state index in [0.29, 0.717) is 34.6 Å². The molecule has 2 heterocycles. The lowest BCUT2D eigenvalue weighted by atomic mass is 10.2. The van der Waals surface area contributed by atoms with E-state index in [9.17, 15) is 18.0 Å². The molecule has 0 aliphatic rings. The summed E-state index contributed by atoms with van der Waals surface area (Å²) in [6.45, 7) is 4.47. The summed E-state index contributed by atoms with van der Waals surface area (Å²) in [4.78, 5) is 26.6. The summed E-state index contributed by atoms with van der Waals surface area (Å²) >= 11 is 0. The highest BCUT2D eigenvalue weighted by atomic mass is 19.4. The molecule has 0 amide bonds. The minimum absolute atomic E-state index is 0.274. The number of pyridine rings is 1. The van der Waals surface area contributed by atoms with Crippen LogP contribution in [0.3, 0.4) is 0 Å². The third kappa shape index (κ3) is 5.19.